The van der Waals surface area contributed by atoms with E-state index in [-0.39, 0.29) is 17.4 Å². The van der Waals surface area contributed by atoms with Gasteiger partial charge < -0.3 is 19.4 Å². The summed E-state index contributed by atoms with van der Waals surface area (Å²) in [5.74, 6) is 0. The van der Waals surface area contributed by atoms with Crippen LogP contribution in [0, 0.1) is 20.1 Å². The van der Waals surface area contributed by atoms with Gasteiger partial charge in [-0.3, -0.25) is 0 Å². The Morgan fingerprint density at radius 1 is 0.463 bits per heavy atom. The van der Waals surface area contributed by atoms with E-state index in [9.17, 15) is 0 Å². The molecule has 0 aliphatic carbocycles. The summed E-state index contributed by atoms with van der Waals surface area (Å²) in [4.78, 5) is 20.8. The van der Waals surface area contributed by atoms with Gasteiger partial charge in [0.15, 0.2) is 0 Å². The van der Waals surface area contributed by atoms with Crippen molar-refractivity contribution < 1.29 is 26.8 Å². The molecule has 3 aromatic heterocycles. The van der Waals surface area contributed by atoms with E-state index in [0.29, 0.717) is 0 Å². The number of aromatic nitrogens is 4. The molecule has 2 fully saturated rings. The first-order chi connectivity index (χ1) is 26.2. The molecule has 0 amide bonds. The summed E-state index contributed by atoms with van der Waals surface area (Å²) >= 11 is 0. The molecule has 4 aliphatic heterocycles. The van der Waals surface area contributed by atoms with Crippen molar-refractivity contribution >= 4 is 46.4 Å². The van der Waals surface area contributed by atoms with Gasteiger partial charge in [-0.1, -0.05) is 128 Å². The molecule has 10 rings (SSSR count). The standard InChI is InChI=1S/C39H26N4.2C4H7O.Cr/c1-25-29-17-19-31(40-29)37(26-11-5-2-6-12-26)33-21-23-35(42-33)39(28-15-9-4-10-16-28)36-24-22-34(43-36)38(27-13-7-3-8-14-27)32-20-18-30(25)41-32;2*1-2-4-5-3-1;/h2-24H,1H3;2*3H,1-2,4H2;/q-2;2*-1;+4. The Hall–Kier alpha value is -5.29. The second-order valence-corrected chi connectivity index (χ2v) is 13.1. The van der Waals surface area contributed by atoms with E-state index in [4.69, 9.17) is 29.4 Å². The first-order valence-electron chi connectivity index (χ1n) is 18.3. The van der Waals surface area contributed by atoms with E-state index < -0.39 is 0 Å². The number of benzene rings is 3. The largest absolute Gasteiger partial charge is 4.00 e. The minimum Gasteiger partial charge on any atom is -0.657 e. The maximum atomic E-state index is 5.25. The molecule has 0 atom stereocenters. The van der Waals surface area contributed by atoms with Crippen LogP contribution < -0.4 is 9.97 Å². The second-order valence-electron chi connectivity index (χ2n) is 13.1. The van der Waals surface area contributed by atoms with Crippen LogP contribution in [0.25, 0.3) is 79.8 Å². The summed E-state index contributed by atoms with van der Waals surface area (Å²) in [6, 6.07) is 39.5. The molecule has 266 valence electrons. The van der Waals surface area contributed by atoms with Crippen LogP contribution in [0.5, 0.6) is 0 Å². The zero-order chi connectivity index (χ0) is 35.8. The van der Waals surface area contributed by atoms with Gasteiger partial charge in [0, 0.05) is 13.2 Å². The zero-order valence-corrected chi connectivity index (χ0v) is 31.5. The fraction of sp³-hybridized carbons (Fsp3) is 0.149. The van der Waals surface area contributed by atoms with Crippen molar-refractivity contribution in [3.05, 3.63) is 157 Å². The van der Waals surface area contributed by atoms with Gasteiger partial charge in [-0.15, -0.1) is 22.1 Å². The molecule has 6 aromatic rings. The first-order valence-corrected chi connectivity index (χ1v) is 18.3. The maximum Gasteiger partial charge on any atom is 4.00 e. The second kappa shape index (κ2) is 17.7. The van der Waals surface area contributed by atoms with Crippen LogP contribution in [-0.2, 0) is 26.8 Å². The summed E-state index contributed by atoms with van der Waals surface area (Å²) in [6.07, 6.45) is 13.1. The van der Waals surface area contributed by atoms with Crippen molar-refractivity contribution in [2.45, 2.75) is 32.6 Å². The molecule has 3 aromatic carbocycles. The molecule has 54 heavy (non-hydrogen) atoms. The molecule has 7 heteroatoms. The van der Waals surface area contributed by atoms with Crippen molar-refractivity contribution in [3.63, 3.8) is 0 Å². The minimum absolute atomic E-state index is 0. The smallest absolute Gasteiger partial charge is 0.657 e. The van der Waals surface area contributed by atoms with Gasteiger partial charge in [-0.2, -0.15) is 12.8 Å². The molecular weight excluding hydrogens is 705 g/mol. The number of hydrogen-bond acceptors (Lipinski definition) is 4. The van der Waals surface area contributed by atoms with Crippen LogP contribution >= 0.6 is 0 Å². The molecule has 0 radical (unpaired) electrons. The summed E-state index contributed by atoms with van der Waals surface area (Å²) in [5.41, 5.74) is 14.3. The Kier molecular flexibility index (Phi) is 12.1. The summed E-state index contributed by atoms with van der Waals surface area (Å²) < 4.78 is 9.64. The monoisotopic (exact) mass is 744 g/mol. The van der Waals surface area contributed by atoms with E-state index in [1.165, 1.54) is 12.8 Å². The average Bonchev–Trinajstić information content (AvgIpc) is 4.06. The quantitative estimate of drug-likeness (QED) is 0.168. The first kappa shape index (κ1) is 37.0. The number of ether oxygens (including phenoxy) is 2. The SMILES string of the molecule is Cc1c2nc(c(-c3ccccc3)c3ccc([n-]3)c(-c3ccccc3)c3nc(c(-c4ccccc4)c4ccc1[n-]4)C=C3)C=C2.[CH-]1CCCO1.[CH-]1CCCO1.[Cr+4]. The van der Waals surface area contributed by atoms with Crippen LogP contribution in [0.2, 0.25) is 0 Å². The fourth-order valence-corrected chi connectivity index (χ4v) is 6.76. The number of rotatable bonds is 3. The number of hydrogen-bond donors (Lipinski definition) is 0. The van der Waals surface area contributed by atoms with Gasteiger partial charge in [-0.25, -0.2) is 23.2 Å². The Morgan fingerprint density at radius 3 is 1.17 bits per heavy atom. The minimum atomic E-state index is 0. The predicted molar refractivity (Wildman–Crippen MR) is 217 cm³/mol. The molecular formula is C47H40CrN4O2. The molecule has 0 spiro atoms. The van der Waals surface area contributed by atoms with E-state index in [1.807, 2.05) is 31.4 Å². The third kappa shape index (κ3) is 8.26. The van der Waals surface area contributed by atoms with Crippen molar-refractivity contribution in [1.82, 2.24) is 19.9 Å². The molecule has 0 unspecified atom stereocenters. The average molecular weight is 745 g/mol. The van der Waals surface area contributed by atoms with Crippen molar-refractivity contribution in [3.8, 4) is 33.4 Å². The summed E-state index contributed by atoms with van der Waals surface area (Å²) in [6.45, 7) is 7.70. The van der Waals surface area contributed by atoms with Gasteiger partial charge in [0.25, 0.3) is 0 Å². The topological polar surface area (TPSA) is 72.4 Å². The van der Waals surface area contributed by atoms with E-state index in [1.54, 1.807) is 0 Å². The number of fused-ring (bicyclic) bond motifs is 8. The van der Waals surface area contributed by atoms with E-state index in [2.05, 4.69) is 128 Å². The van der Waals surface area contributed by atoms with Crippen LogP contribution in [0.15, 0.2) is 115 Å². The molecule has 7 heterocycles. The molecule has 8 bridgehead atoms. The van der Waals surface area contributed by atoms with Crippen molar-refractivity contribution in [2.24, 2.45) is 0 Å². The van der Waals surface area contributed by atoms with Gasteiger partial charge in [0.2, 0.25) is 0 Å². The van der Waals surface area contributed by atoms with Crippen LogP contribution in [0.1, 0.15) is 54.0 Å². The molecule has 6 nitrogen and oxygen atoms in total. The molecule has 2 saturated heterocycles. The Labute approximate surface area is 327 Å². The summed E-state index contributed by atoms with van der Waals surface area (Å²) in [7, 11) is 0. The van der Waals surface area contributed by atoms with Gasteiger partial charge in [-0.05, 0) is 70.2 Å². The Bertz CT molecular complexity index is 2340. The van der Waals surface area contributed by atoms with Gasteiger partial charge in [0.05, 0.1) is 22.8 Å². The Morgan fingerprint density at radius 2 is 0.815 bits per heavy atom. The van der Waals surface area contributed by atoms with E-state index in [0.717, 1.165) is 110 Å². The zero-order valence-electron chi connectivity index (χ0n) is 30.2. The third-order valence-electron chi connectivity index (χ3n) is 9.46. The summed E-state index contributed by atoms with van der Waals surface area (Å²) in [5, 5.41) is 0. The number of aryl methyl sites for hydroxylation is 1. The Balaban J connectivity index is 0.000000356. The molecule has 0 N–H and O–H groups in total. The van der Waals surface area contributed by atoms with Crippen LogP contribution in [0.4, 0.5) is 0 Å². The van der Waals surface area contributed by atoms with Gasteiger partial charge in [0.1, 0.15) is 0 Å². The fourth-order valence-electron chi connectivity index (χ4n) is 6.76. The van der Waals surface area contributed by atoms with Gasteiger partial charge >= 0.3 is 17.4 Å². The van der Waals surface area contributed by atoms with Crippen LogP contribution in [0.3, 0.4) is 0 Å². The molecule has 0 saturated carbocycles. The maximum absolute atomic E-state index is 5.25. The van der Waals surface area contributed by atoms with E-state index >= 15 is 0 Å². The third-order valence-corrected chi connectivity index (χ3v) is 9.46. The predicted octanol–water partition coefficient (Wildman–Crippen LogP) is 11.1. The van der Waals surface area contributed by atoms with Crippen molar-refractivity contribution in [1.29, 1.82) is 0 Å². The van der Waals surface area contributed by atoms with Crippen LogP contribution in [-0.4, -0.2) is 23.2 Å². The van der Waals surface area contributed by atoms with Crippen molar-refractivity contribution in [2.75, 3.05) is 13.2 Å². The molecule has 4 aliphatic rings. The normalized spacial score (nSPS) is 14.1. The number of nitrogens with zero attached hydrogens (tertiary/aromatic N) is 4.